The first-order valence-corrected chi connectivity index (χ1v) is 5.60. The van der Waals surface area contributed by atoms with Gasteiger partial charge >= 0.3 is 0 Å². The Bertz CT molecular complexity index is 201. The molecule has 82 valence electrons. The average Bonchev–Trinajstić information content (AvgIpc) is 2.01. The van der Waals surface area contributed by atoms with Gasteiger partial charge in [0.1, 0.15) is 0 Å². The highest BCUT2D eigenvalue weighted by atomic mass is 15.1. The maximum atomic E-state index is 3.52. The summed E-state index contributed by atoms with van der Waals surface area (Å²) in [6, 6.07) is 0. The van der Waals surface area contributed by atoms with Gasteiger partial charge in [0.2, 0.25) is 0 Å². The molecule has 1 aliphatic heterocycles. The van der Waals surface area contributed by atoms with Crippen molar-refractivity contribution in [1.29, 1.82) is 0 Å². The van der Waals surface area contributed by atoms with Crippen molar-refractivity contribution >= 4 is 0 Å². The summed E-state index contributed by atoms with van der Waals surface area (Å²) in [6.45, 7) is 13.5. The quantitative estimate of drug-likeness (QED) is 0.695. The second kappa shape index (κ2) is 4.94. The molecule has 1 N–H and O–H groups in total. The molecule has 1 heterocycles. The lowest BCUT2D eigenvalue weighted by atomic mass is 10.1. The fourth-order valence-corrected chi connectivity index (χ4v) is 1.77. The van der Waals surface area contributed by atoms with Crippen LogP contribution in [0.2, 0.25) is 0 Å². The van der Waals surface area contributed by atoms with E-state index in [0.717, 1.165) is 13.1 Å². The number of rotatable bonds is 3. The monoisotopic (exact) mass is 196 g/mol. The first-order valence-electron chi connectivity index (χ1n) is 5.60. The van der Waals surface area contributed by atoms with Crippen molar-refractivity contribution in [2.75, 3.05) is 26.2 Å². The normalized spacial score (nSPS) is 19.6. The summed E-state index contributed by atoms with van der Waals surface area (Å²) >= 11 is 0. The van der Waals surface area contributed by atoms with E-state index in [9.17, 15) is 0 Å². The van der Waals surface area contributed by atoms with Gasteiger partial charge in [0.15, 0.2) is 0 Å². The second-order valence-corrected chi connectivity index (χ2v) is 5.29. The summed E-state index contributed by atoms with van der Waals surface area (Å²) in [5.74, 6) is 0. The zero-order valence-electron chi connectivity index (χ0n) is 10.1. The third-order valence-electron chi connectivity index (χ3n) is 2.49. The molecule has 0 fully saturated rings. The molecule has 0 saturated heterocycles. The van der Waals surface area contributed by atoms with Crippen LogP contribution in [0, 0.1) is 0 Å². The SMILES string of the molecule is CC1=CCCN(CCNC(C)(C)C)C1. The standard InChI is InChI=1S/C12H24N2/c1-11-6-5-8-14(10-11)9-7-13-12(2,3)4/h6,13H,5,7-10H2,1-4H3. The zero-order chi connectivity index (χ0) is 10.6. The molecule has 0 aromatic rings. The van der Waals surface area contributed by atoms with Gasteiger partial charge in [-0.05, 0) is 34.1 Å². The lowest BCUT2D eigenvalue weighted by molar-refractivity contribution is 0.275. The van der Waals surface area contributed by atoms with Crippen molar-refractivity contribution in [2.45, 2.75) is 39.7 Å². The molecule has 0 aromatic carbocycles. The molecule has 0 saturated carbocycles. The minimum Gasteiger partial charge on any atom is -0.311 e. The third kappa shape index (κ3) is 4.77. The molecule has 0 radical (unpaired) electrons. The maximum absolute atomic E-state index is 3.52. The van der Waals surface area contributed by atoms with E-state index in [1.165, 1.54) is 25.1 Å². The Balaban J connectivity index is 2.17. The van der Waals surface area contributed by atoms with E-state index < -0.39 is 0 Å². The van der Waals surface area contributed by atoms with Crippen molar-refractivity contribution in [3.05, 3.63) is 11.6 Å². The van der Waals surface area contributed by atoms with Gasteiger partial charge in [0.25, 0.3) is 0 Å². The molecular formula is C12H24N2. The van der Waals surface area contributed by atoms with Gasteiger partial charge in [-0.25, -0.2) is 0 Å². The number of hydrogen-bond donors (Lipinski definition) is 1. The van der Waals surface area contributed by atoms with Gasteiger partial charge in [0, 0.05) is 31.7 Å². The Morgan fingerprint density at radius 3 is 2.71 bits per heavy atom. The Morgan fingerprint density at radius 1 is 1.43 bits per heavy atom. The Labute approximate surface area is 88.4 Å². The first kappa shape index (κ1) is 11.7. The molecular weight excluding hydrogens is 172 g/mol. The van der Waals surface area contributed by atoms with E-state index in [-0.39, 0.29) is 5.54 Å². The van der Waals surface area contributed by atoms with Crippen molar-refractivity contribution in [3.63, 3.8) is 0 Å². The van der Waals surface area contributed by atoms with Crippen molar-refractivity contribution < 1.29 is 0 Å². The van der Waals surface area contributed by atoms with Gasteiger partial charge < -0.3 is 5.32 Å². The van der Waals surface area contributed by atoms with Crippen LogP contribution < -0.4 is 5.32 Å². The van der Waals surface area contributed by atoms with Crippen LogP contribution in [0.3, 0.4) is 0 Å². The minimum absolute atomic E-state index is 0.251. The van der Waals surface area contributed by atoms with Crippen LogP contribution in [-0.2, 0) is 0 Å². The van der Waals surface area contributed by atoms with E-state index >= 15 is 0 Å². The summed E-state index contributed by atoms with van der Waals surface area (Å²) in [5.41, 5.74) is 1.77. The van der Waals surface area contributed by atoms with E-state index in [1.807, 2.05) is 0 Å². The second-order valence-electron chi connectivity index (χ2n) is 5.29. The zero-order valence-corrected chi connectivity index (χ0v) is 10.1. The molecule has 0 unspecified atom stereocenters. The first-order chi connectivity index (χ1) is 6.47. The van der Waals surface area contributed by atoms with E-state index in [1.54, 1.807) is 0 Å². The van der Waals surface area contributed by atoms with E-state index in [4.69, 9.17) is 0 Å². The number of nitrogens with zero attached hydrogens (tertiary/aromatic N) is 1. The van der Waals surface area contributed by atoms with Gasteiger partial charge in [-0.1, -0.05) is 11.6 Å². The molecule has 0 spiro atoms. The molecule has 2 nitrogen and oxygen atoms in total. The van der Waals surface area contributed by atoms with Gasteiger partial charge in [-0.3, -0.25) is 4.90 Å². The highest BCUT2D eigenvalue weighted by molar-refractivity contribution is 5.04. The van der Waals surface area contributed by atoms with Crippen LogP contribution in [0.15, 0.2) is 11.6 Å². The summed E-state index contributed by atoms with van der Waals surface area (Å²) in [5, 5.41) is 3.52. The van der Waals surface area contributed by atoms with Crippen molar-refractivity contribution in [1.82, 2.24) is 10.2 Å². The van der Waals surface area contributed by atoms with Gasteiger partial charge in [-0.15, -0.1) is 0 Å². The van der Waals surface area contributed by atoms with Crippen LogP contribution in [0.5, 0.6) is 0 Å². The predicted octanol–water partition coefficient (Wildman–Crippen LogP) is 2.03. The van der Waals surface area contributed by atoms with Crippen LogP contribution in [0.25, 0.3) is 0 Å². The molecule has 1 aliphatic rings. The highest BCUT2D eigenvalue weighted by Gasteiger charge is 2.11. The lowest BCUT2D eigenvalue weighted by Crippen LogP contribution is -2.42. The van der Waals surface area contributed by atoms with Crippen molar-refractivity contribution in [3.8, 4) is 0 Å². The van der Waals surface area contributed by atoms with E-state index in [2.05, 4.69) is 44.0 Å². The summed E-state index contributed by atoms with van der Waals surface area (Å²) < 4.78 is 0. The number of nitrogens with one attached hydrogen (secondary N) is 1. The lowest BCUT2D eigenvalue weighted by Gasteiger charge is -2.28. The molecule has 0 bridgehead atoms. The smallest absolute Gasteiger partial charge is 0.0190 e. The molecule has 14 heavy (non-hydrogen) atoms. The summed E-state index contributed by atoms with van der Waals surface area (Å²) in [4.78, 5) is 2.52. The number of hydrogen-bond acceptors (Lipinski definition) is 2. The van der Waals surface area contributed by atoms with Gasteiger partial charge in [-0.2, -0.15) is 0 Å². The molecule has 0 aromatic heterocycles. The molecule has 0 atom stereocenters. The fourth-order valence-electron chi connectivity index (χ4n) is 1.77. The molecule has 2 heteroatoms. The molecule has 0 amide bonds. The topological polar surface area (TPSA) is 15.3 Å². The Hall–Kier alpha value is -0.340. The Morgan fingerprint density at radius 2 is 2.14 bits per heavy atom. The minimum atomic E-state index is 0.251. The van der Waals surface area contributed by atoms with Crippen LogP contribution in [-0.4, -0.2) is 36.6 Å². The van der Waals surface area contributed by atoms with Crippen LogP contribution in [0.4, 0.5) is 0 Å². The summed E-state index contributed by atoms with van der Waals surface area (Å²) in [6.07, 6.45) is 3.58. The largest absolute Gasteiger partial charge is 0.311 e. The van der Waals surface area contributed by atoms with Crippen LogP contribution in [0.1, 0.15) is 34.1 Å². The predicted molar refractivity (Wildman–Crippen MR) is 62.6 cm³/mol. The Kier molecular flexibility index (Phi) is 4.14. The molecule has 1 rings (SSSR count). The van der Waals surface area contributed by atoms with Crippen molar-refractivity contribution in [2.24, 2.45) is 0 Å². The average molecular weight is 196 g/mol. The van der Waals surface area contributed by atoms with Gasteiger partial charge in [0.05, 0.1) is 0 Å². The molecule has 0 aliphatic carbocycles. The van der Waals surface area contributed by atoms with E-state index in [0.29, 0.717) is 0 Å². The highest BCUT2D eigenvalue weighted by Crippen LogP contribution is 2.07. The summed E-state index contributed by atoms with van der Waals surface area (Å²) in [7, 11) is 0. The fraction of sp³-hybridized carbons (Fsp3) is 0.833. The third-order valence-corrected chi connectivity index (χ3v) is 2.49. The van der Waals surface area contributed by atoms with Crippen LogP contribution >= 0.6 is 0 Å². The maximum Gasteiger partial charge on any atom is 0.0190 e.